The molecule has 2 aliphatic rings. The van der Waals surface area contributed by atoms with E-state index in [0.717, 1.165) is 55.5 Å². The second-order valence-electron chi connectivity index (χ2n) is 8.57. The van der Waals surface area contributed by atoms with Crippen LogP contribution in [0.25, 0.3) is 0 Å². The van der Waals surface area contributed by atoms with Crippen molar-refractivity contribution in [3.8, 4) is 0 Å². The number of nitrogens with one attached hydrogen (secondary N) is 1. The predicted octanol–water partition coefficient (Wildman–Crippen LogP) is 3.69. The Balaban J connectivity index is 1.36. The van der Waals surface area contributed by atoms with Gasteiger partial charge in [0.05, 0.1) is 0 Å². The van der Waals surface area contributed by atoms with Gasteiger partial charge in [-0.1, -0.05) is 19.1 Å². The Morgan fingerprint density at radius 3 is 2.59 bits per heavy atom. The van der Waals surface area contributed by atoms with E-state index in [9.17, 15) is 4.39 Å². The second-order valence-corrected chi connectivity index (χ2v) is 8.57. The standard InChI is InChI=1S/C23H31FN4O/c1-18-5-9-28(10-6-18)22-26-15-19(16-27-22)14-25-17-23(7-11-29-12-8-23)20-3-2-4-21(24)13-20/h2-4,13,15-16,18,25H,5-12,14,17H2,1H3. The highest BCUT2D eigenvalue weighted by Crippen LogP contribution is 2.34. The molecule has 0 aliphatic carbocycles. The van der Waals surface area contributed by atoms with Gasteiger partial charge < -0.3 is 15.0 Å². The molecule has 0 atom stereocenters. The molecule has 3 heterocycles. The Bertz CT molecular complexity index is 784. The fraction of sp³-hybridized carbons (Fsp3) is 0.565. The van der Waals surface area contributed by atoms with E-state index >= 15 is 0 Å². The summed E-state index contributed by atoms with van der Waals surface area (Å²) in [4.78, 5) is 11.4. The molecular weight excluding hydrogens is 367 g/mol. The Morgan fingerprint density at radius 2 is 1.90 bits per heavy atom. The van der Waals surface area contributed by atoms with E-state index in [1.54, 1.807) is 12.1 Å². The van der Waals surface area contributed by atoms with Crippen LogP contribution in [0.2, 0.25) is 0 Å². The van der Waals surface area contributed by atoms with Crippen molar-refractivity contribution in [2.45, 2.75) is 44.6 Å². The zero-order chi connectivity index (χ0) is 20.1. The molecule has 156 valence electrons. The smallest absolute Gasteiger partial charge is 0.225 e. The van der Waals surface area contributed by atoms with Crippen LogP contribution in [0, 0.1) is 11.7 Å². The summed E-state index contributed by atoms with van der Waals surface area (Å²) in [5, 5.41) is 3.56. The first-order valence-electron chi connectivity index (χ1n) is 10.7. The van der Waals surface area contributed by atoms with Crippen molar-refractivity contribution < 1.29 is 9.13 Å². The van der Waals surface area contributed by atoms with Crippen LogP contribution in [0.5, 0.6) is 0 Å². The van der Waals surface area contributed by atoms with Crippen molar-refractivity contribution in [2.24, 2.45) is 5.92 Å². The van der Waals surface area contributed by atoms with Crippen LogP contribution in [0.4, 0.5) is 10.3 Å². The van der Waals surface area contributed by atoms with Crippen molar-refractivity contribution in [1.29, 1.82) is 0 Å². The van der Waals surface area contributed by atoms with Crippen molar-refractivity contribution in [2.75, 3.05) is 37.7 Å². The Kier molecular flexibility index (Phi) is 6.40. The number of rotatable bonds is 6. The lowest BCUT2D eigenvalue weighted by Crippen LogP contribution is -2.42. The van der Waals surface area contributed by atoms with Crippen LogP contribution in [0.15, 0.2) is 36.7 Å². The highest BCUT2D eigenvalue weighted by Gasteiger charge is 2.34. The molecular formula is C23H31FN4O. The zero-order valence-corrected chi connectivity index (χ0v) is 17.2. The van der Waals surface area contributed by atoms with Gasteiger partial charge in [0.2, 0.25) is 5.95 Å². The van der Waals surface area contributed by atoms with Crippen LogP contribution in [-0.2, 0) is 16.7 Å². The van der Waals surface area contributed by atoms with Gasteiger partial charge in [0.15, 0.2) is 0 Å². The summed E-state index contributed by atoms with van der Waals surface area (Å²) in [7, 11) is 0. The molecule has 0 bridgehead atoms. The van der Waals surface area contributed by atoms with Gasteiger partial charge in [-0.2, -0.15) is 0 Å². The van der Waals surface area contributed by atoms with Crippen LogP contribution in [0.1, 0.15) is 43.7 Å². The van der Waals surface area contributed by atoms with E-state index in [4.69, 9.17) is 4.74 Å². The van der Waals surface area contributed by atoms with Gasteiger partial charge in [0.25, 0.3) is 0 Å². The van der Waals surface area contributed by atoms with Crippen LogP contribution in [-0.4, -0.2) is 42.8 Å². The topological polar surface area (TPSA) is 50.3 Å². The van der Waals surface area contributed by atoms with Gasteiger partial charge in [0, 0.05) is 62.8 Å². The number of piperidine rings is 1. The Hall–Kier alpha value is -2.05. The number of hydrogen-bond acceptors (Lipinski definition) is 5. The van der Waals surface area contributed by atoms with Crippen molar-refractivity contribution >= 4 is 5.95 Å². The van der Waals surface area contributed by atoms with Crippen LogP contribution in [0.3, 0.4) is 0 Å². The number of ether oxygens (including phenoxy) is 1. The van der Waals surface area contributed by atoms with Crippen LogP contribution >= 0.6 is 0 Å². The van der Waals surface area contributed by atoms with Crippen molar-refractivity contribution in [3.05, 3.63) is 53.6 Å². The summed E-state index contributed by atoms with van der Waals surface area (Å²) in [5.74, 6) is 1.45. The summed E-state index contributed by atoms with van der Waals surface area (Å²) in [6, 6.07) is 7.01. The molecule has 1 N–H and O–H groups in total. The SMILES string of the molecule is CC1CCN(c2ncc(CNCC3(c4cccc(F)c4)CCOCC3)cn2)CC1. The lowest BCUT2D eigenvalue weighted by molar-refractivity contribution is 0.0496. The first-order valence-corrected chi connectivity index (χ1v) is 10.7. The molecule has 0 amide bonds. The first kappa shape index (κ1) is 20.2. The van der Waals surface area contributed by atoms with E-state index in [1.807, 2.05) is 18.5 Å². The minimum Gasteiger partial charge on any atom is -0.381 e. The van der Waals surface area contributed by atoms with E-state index in [0.29, 0.717) is 19.8 Å². The Morgan fingerprint density at radius 1 is 1.17 bits per heavy atom. The maximum atomic E-state index is 13.8. The van der Waals surface area contributed by atoms with E-state index in [1.165, 1.54) is 18.9 Å². The molecule has 2 aliphatic heterocycles. The highest BCUT2D eigenvalue weighted by molar-refractivity contribution is 5.31. The number of anilines is 1. The normalized spacial score (nSPS) is 20.0. The Labute approximate surface area is 172 Å². The third-order valence-electron chi connectivity index (χ3n) is 6.44. The monoisotopic (exact) mass is 398 g/mol. The summed E-state index contributed by atoms with van der Waals surface area (Å²) in [6.45, 7) is 7.30. The molecule has 0 spiro atoms. The molecule has 0 saturated carbocycles. The molecule has 1 aromatic heterocycles. The average molecular weight is 399 g/mol. The summed E-state index contributed by atoms with van der Waals surface area (Å²) in [5.41, 5.74) is 2.03. The lowest BCUT2D eigenvalue weighted by Gasteiger charge is -2.38. The van der Waals surface area contributed by atoms with Gasteiger partial charge in [-0.3, -0.25) is 0 Å². The number of benzene rings is 1. The lowest BCUT2D eigenvalue weighted by atomic mass is 9.74. The van der Waals surface area contributed by atoms with Crippen molar-refractivity contribution in [3.63, 3.8) is 0 Å². The summed E-state index contributed by atoms with van der Waals surface area (Å²) >= 11 is 0. The fourth-order valence-electron chi connectivity index (χ4n) is 4.41. The van der Waals surface area contributed by atoms with E-state index < -0.39 is 0 Å². The number of nitrogens with zero attached hydrogens (tertiary/aromatic N) is 3. The first-order chi connectivity index (χ1) is 14.1. The quantitative estimate of drug-likeness (QED) is 0.804. The van der Waals surface area contributed by atoms with Gasteiger partial charge in [-0.15, -0.1) is 0 Å². The maximum absolute atomic E-state index is 13.8. The fourth-order valence-corrected chi connectivity index (χ4v) is 4.41. The zero-order valence-electron chi connectivity index (χ0n) is 17.2. The number of hydrogen-bond donors (Lipinski definition) is 1. The summed E-state index contributed by atoms with van der Waals surface area (Å²) < 4.78 is 19.4. The molecule has 2 saturated heterocycles. The van der Waals surface area contributed by atoms with E-state index in [2.05, 4.69) is 27.1 Å². The molecule has 4 rings (SSSR count). The van der Waals surface area contributed by atoms with Gasteiger partial charge >= 0.3 is 0 Å². The minimum atomic E-state index is -0.176. The van der Waals surface area contributed by atoms with Crippen LogP contribution < -0.4 is 10.2 Å². The molecule has 1 aromatic carbocycles. The third-order valence-corrected chi connectivity index (χ3v) is 6.44. The molecule has 2 aromatic rings. The third kappa shape index (κ3) is 4.93. The molecule has 6 heteroatoms. The van der Waals surface area contributed by atoms with E-state index in [-0.39, 0.29) is 11.2 Å². The number of halogens is 1. The summed E-state index contributed by atoms with van der Waals surface area (Å²) in [6.07, 6.45) is 8.05. The maximum Gasteiger partial charge on any atom is 0.225 e. The molecule has 0 radical (unpaired) electrons. The average Bonchev–Trinajstić information content (AvgIpc) is 2.76. The molecule has 29 heavy (non-hydrogen) atoms. The van der Waals surface area contributed by atoms with Gasteiger partial charge in [-0.05, 0) is 49.3 Å². The van der Waals surface area contributed by atoms with Crippen molar-refractivity contribution in [1.82, 2.24) is 15.3 Å². The number of aromatic nitrogens is 2. The van der Waals surface area contributed by atoms with Gasteiger partial charge in [-0.25, -0.2) is 14.4 Å². The second kappa shape index (κ2) is 9.18. The molecule has 0 unspecified atom stereocenters. The predicted molar refractivity (Wildman–Crippen MR) is 112 cm³/mol. The van der Waals surface area contributed by atoms with Gasteiger partial charge in [0.1, 0.15) is 5.82 Å². The molecule has 5 nitrogen and oxygen atoms in total. The highest BCUT2D eigenvalue weighted by atomic mass is 19.1. The minimum absolute atomic E-state index is 0.0916. The molecule has 2 fully saturated rings. The largest absolute Gasteiger partial charge is 0.381 e.